The van der Waals surface area contributed by atoms with E-state index < -0.39 is 24.0 Å². The van der Waals surface area contributed by atoms with E-state index in [2.05, 4.69) is 15.3 Å². The second kappa shape index (κ2) is 4.30. The van der Waals surface area contributed by atoms with Crippen LogP contribution in [0.5, 0.6) is 0 Å². The Morgan fingerprint density at radius 3 is 3.11 bits per heavy atom. The highest BCUT2D eigenvalue weighted by Gasteiger charge is 2.36. The van der Waals surface area contributed by atoms with E-state index >= 15 is 0 Å². The summed E-state index contributed by atoms with van der Waals surface area (Å²) in [6, 6.07) is 1.50. The predicted octanol–water partition coefficient (Wildman–Crippen LogP) is -1.66. The van der Waals surface area contributed by atoms with Crippen LogP contribution < -0.4 is 11.3 Å². The van der Waals surface area contributed by atoms with Gasteiger partial charge in [0.15, 0.2) is 11.7 Å². The zero-order valence-corrected chi connectivity index (χ0v) is 9.85. The average Bonchev–Trinajstić information content (AvgIpc) is 2.92. The summed E-state index contributed by atoms with van der Waals surface area (Å²) in [4.78, 5) is 14.0. The molecule has 3 heterocycles. The summed E-state index contributed by atoms with van der Waals surface area (Å²) in [6.07, 6.45) is -1.79. The minimum atomic E-state index is -0.831. The van der Waals surface area contributed by atoms with Crippen molar-refractivity contribution in [2.75, 3.05) is 12.3 Å². The smallest absolute Gasteiger partial charge is 0.279 e. The van der Waals surface area contributed by atoms with Crippen LogP contribution in [-0.2, 0) is 4.74 Å². The van der Waals surface area contributed by atoms with Crippen molar-refractivity contribution in [3.8, 4) is 0 Å². The zero-order valence-electron chi connectivity index (χ0n) is 9.85. The first kappa shape index (κ1) is 12.1. The summed E-state index contributed by atoms with van der Waals surface area (Å²) in [5.41, 5.74) is 5.62. The van der Waals surface area contributed by atoms with Crippen molar-refractivity contribution < 1.29 is 14.9 Å². The molecule has 1 fully saturated rings. The molecule has 9 heteroatoms. The van der Waals surface area contributed by atoms with Crippen molar-refractivity contribution in [3.63, 3.8) is 0 Å². The van der Waals surface area contributed by atoms with E-state index in [-0.39, 0.29) is 17.9 Å². The minimum Gasteiger partial charge on any atom is -0.394 e. The SMILES string of the molecule is Nc1cc2c(nnn2[C@@H]2O[C@H](CO)C[C@H]2O)c(=O)[nH]1. The summed E-state index contributed by atoms with van der Waals surface area (Å²) in [5.74, 6) is 0.173. The largest absolute Gasteiger partial charge is 0.394 e. The maximum absolute atomic E-state index is 11.6. The van der Waals surface area contributed by atoms with Crippen LogP contribution in [0.3, 0.4) is 0 Å². The van der Waals surface area contributed by atoms with Crippen LogP contribution in [0.15, 0.2) is 10.9 Å². The van der Waals surface area contributed by atoms with Crippen molar-refractivity contribution in [1.82, 2.24) is 20.0 Å². The monoisotopic (exact) mass is 267 g/mol. The number of aromatic amines is 1. The highest BCUT2D eigenvalue weighted by Crippen LogP contribution is 2.29. The number of aliphatic hydroxyl groups excluding tert-OH is 2. The van der Waals surface area contributed by atoms with E-state index in [1.807, 2.05) is 0 Å². The Bertz CT molecular complexity index is 665. The first-order valence-electron chi connectivity index (χ1n) is 5.78. The number of nitrogens with zero attached hydrogens (tertiary/aromatic N) is 3. The van der Waals surface area contributed by atoms with Crippen LogP contribution in [-0.4, -0.2) is 49.0 Å². The zero-order chi connectivity index (χ0) is 13.6. The highest BCUT2D eigenvalue weighted by molar-refractivity contribution is 5.75. The lowest BCUT2D eigenvalue weighted by Crippen LogP contribution is -2.21. The fourth-order valence-corrected chi connectivity index (χ4v) is 2.23. The number of nitrogen functional groups attached to an aromatic ring is 1. The molecular formula is C10H13N5O4. The Morgan fingerprint density at radius 2 is 2.42 bits per heavy atom. The molecule has 1 aliphatic rings. The van der Waals surface area contributed by atoms with Gasteiger partial charge < -0.3 is 25.7 Å². The Hall–Kier alpha value is -1.97. The van der Waals surface area contributed by atoms with E-state index in [0.717, 1.165) is 0 Å². The summed E-state index contributed by atoms with van der Waals surface area (Å²) < 4.78 is 6.77. The molecule has 0 aliphatic carbocycles. The van der Waals surface area contributed by atoms with Gasteiger partial charge in [-0.05, 0) is 0 Å². The number of H-pyrrole nitrogens is 1. The van der Waals surface area contributed by atoms with Crippen molar-refractivity contribution >= 4 is 16.9 Å². The standard InChI is InChI=1S/C10H13N5O4/c11-7-2-5-8(9(18)12-7)13-14-15(5)10-6(17)1-4(3-16)19-10/h2,4,6,10,16-17H,1,3H2,(H3,11,12,18)/t4-,6+,10+/m0/s1. The molecule has 2 aromatic heterocycles. The molecule has 0 saturated carbocycles. The van der Waals surface area contributed by atoms with Crippen LogP contribution in [0.2, 0.25) is 0 Å². The Balaban J connectivity index is 2.09. The third-order valence-corrected chi connectivity index (χ3v) is 3.11. The van der Waals surface area contributed by atoms with Gasteiger partial charge in [-0.25, -0.2) is 4.68 Å². The quantitative estimate of drug-likeness (QED) is 0.510. The number of nitrogens with one attached hydrogen (secondary N) is 1. The van der Waals surface area contributed by atoms with Crippen LogP contribution >= 0.6 is 0 Å². The third kappa shape index (κ3) is 1.87. The van der Waals surface area contributed by atoms with Gasteiger partial charge in [0.25, 0.3) is 5.56 Å². The molecule has 1 aliphatic heterocycles. The van der Waals surface area contributed by atoms with Crippen LogP contribution in [0.4, 0.5) is 5.82 Å². The summed E-state index contributed by atoms with van der Waals surface area (Å²) in [6.45, 7) is -0.192. The van der Waals surface area contributed by atoms with E-state index in [0.29, 0.717) is 11.9 Å². The fourth-order valence-electron chi connectivity index (χ4n) is 2.23. The molecule has 9 nitrogen and oxygen atoms in total. The van der Waals surface area contributed by atoms with Crippen molar-refractivity contribution in [1.29, 1.82) is 0 Å². The molecule has 2 aromatic rings. The molecule has 0 amide bonds. The van der Waals surface area contributed by atoms with Gasteiger partial charge in [-0.1, -0.05) is 5.21 Å². The Kier molecular flexibility index (Phi) is 2.73. The molecular weight excluding hydrogens is 254 g/mol. The van der Waals surface area contributed by atoms with Gasteiger partial charge in [0.1, 0.15) is 17.4 Å². The lowest BCUT2D eigenvalue weighted by molar-refractivity contribution is -0.0554. The van der Waals surface area contributed by atoms with Crippen molar-refractivity contribution in [2.24, 2.45) is 0 Å². The molecule has 3 rings (SSSR count). The average molecular weight is 267 g/mol. The number of hydrogen-bond donors (Lipinski definition) is 4. The number of aromatic nitrogens is 4. The number of pyridine rings is 1. The van der Waals surface area contributed by atoms with E-state index in [1.165, 1.54) is 10.7 Å². The van der Waals surface area contributed by atoms with Crippen LogP contribution in [0, 0.1) is 0 Å². The molecule has 0 radical (unpaired) electrons. The number of rotatable bonds is 2. The Labute approximate surface area is 106 Å². The second-order valence-electron chi connectivity index (χ2n) is 4.46. The van der Waals surface area contributed by atoms with Gasteiger partial charge in [0.2, 0.25) is 0 Å². The molecule has 0 spiro atoms. The van der Waals surface area contributed by atoms with E-state index in [9.17, 15) is 9.90 Å². The normalized spacial score (nSPS) is 27.2. The second-order valence-corrected chi connectivity index (χ2v) is 4.46. The number of aliphatic hydroxyl groups is 2. The van der Waals surface area contributed by atoms with Gasteiger partial charge in [-0.15, -0.1) is 5.10 Å². The number of ether oxygens (including phenoxy) is 1. The molecule has 0 bridgehead atoms. The molecule has 0 unspecified atom stereocenters. The number of anilines is 1. The van der Waals surface area contributed by atoms with Gasteiger partial charge >= 0.3 is 0 Å². The number of hydrogen-bond acceptors (Lipinski definition) is 7. The van der Waals surface area contributed by atoms with Crippen LogP contribution in [0.25, 0.3) is 11.0 Å². The molecule has 102 valence electrons. The summed E-state index contributed by atoms with van der Waals surface area (Å²) >= 11 is 0. The molecule has 3 atom stereocenters. The maximum atomic E-state index is 11.6. The molecule has 5 N–H and O–H groups in total. The lowest BCUT2D eigenvalue weighted by atomic mass is 10.2. The van der Waals surface area contributed by atoms with Crippen molar-refractivity contribution in [3.05, 3.63) is 16.4 Å². The molecule has 1 saturated heterocycles. The topological polar surface area (TPSA) is 139 Å². The van der Waals surface area contributed by atoms with Gasteiger partial charge in [-0.2, -0.15) is 0 Å². The van der Waals surface area contributed by atoms with Gasteiger partial charge in [0.05, 0.1) is 12.7 Å². The van der Waals surface area contributed by atoms with Crippen LogP contribution in [0.1, 0.15) is 12.6 Å². The lowest BCUT2D eigenvalue weighted by Gasteiger charge is -2.15. The minimum absolute atomic E-state index is 0.123. The summed E-state index contributed by atoms with van der Waals surface area (Å²) in [7, 11) is 0. The van der Waals surface area contributed by atoms with Crippen molar-refractivity contribution in [2.45, 2.75) is 24.9 Å². The van der Waals surface area contributed by atoms with Gasteiger partial charge in [0, 0.05) is 12.5 Å². The Morgan fingerprint density at radius 1 is 1.63 bits per heavy atom. The highest BCUT2D eigenvalue weighted by atomic mass is 16.5. The maximum Gasteiger partial charge on any atom is 0.279 e. The molecule has 19 heavy (non-hydrogen) atoms. The first-order valence-corrected chi connectivity index (χ1v) is 5.78. The third-order valence-electron chi connectivity index (χ3n) is 3.11. The van der Waals surface area contributed by atoms with Gasteiger partial charge in [-0.3, -0.25) is 4.79 Å². The predicted molar refractivity (Wildman–Crippen MR) is 64.2 cm³/mol. The number of fused-ring (bicyclic) bond motifs is 1. The number of nitrogens with two attached hydrogens (primary N) is 1. The first-order chi connectivity index (χ1) is 9.10. The van der Waals surface area contributed by atoms with E-state index in [4.69, 9.17) is 15.6 Å². The van der Waals surface area contributed by atoms with E-state index in [1.54, 1.807) is 0 Å². The fraction of sp³-hybridized carbons (Fsp3) is 0.500. The summed E-state index contributed by atoms with van der Waals surface area (Å²) in [5, 5.41) is 26.5. The molecule has 0 aromatic carbocycles.